The van der Waals surface area contributed by atoms with Crippen molar-refractivity contribution in [3.63, 3.8) is 0 Å². The lowest BCUT2D eigenvalue weighted by Crippen LogP contribution is -2.19. The molecule has 21 heavy (non-hydrogen) atoms. The van der Waals surface area contributed by atoms with E-state index >= 15 is 0 Å². The van der Waals surface area contributed by atoms with Gasteiger partial charge in [-0.2, -0.15) is 0 Å². The average Bonchev–Trinajstić information content (AvgIpc) is 2.49. The Bertz CT molecular complexity index is 607. The van der Waals surface area contributed by atoms with Crippen molar-refractivity contribution >= 4 is 15.9 Å². The normalized spacial score (nSPS) is 12.2. The number of benzene rings is 2. The summed E-state index contributed by atoms with van der Waals surface area (Å²) >= 11 is 3.62. The summed E-state index contributed by atoms with van der Waals surface area (Å²) in [6, 6.07) is 13.2. The van der Waals surface area contributed by atoms with E-state index < -0.39 is 0 Å². The van der Waals surface area contributed by atoms with Gasteiger partial charge in [-0.1, -0.05) is 45.8 Å². The van der Waals surface area contributed by atoms with Gasteiger partial charge < -0.3 is 10.1 Å². The predicted molar refractivity (Wildman–Crippen MR) is 92.1 cm³/mol. The molecular weight excluding hydrogens is 326 g/mol. The standard InChI is InChI=1S/C18H22BrNO/c1-12-5-7-14(8-6-12)10-17(20-3)15-11-16(19)13(2)9-18(15)21-4/h5-9,11,17,20H,10H2,1-4H3. The molecule has 0 aliphatic rings. The number of methoxy groups -OCH3 is 1. The molecule has 1 N–H and O–H groups in total. The van der Waals surface area contributed by atoms with Crippen LogP contribution >= 0.6 is 15.9 Å². The highest BCUT2D eigenvalue weighted by molar-refractivity contribution is 9.10. The zero-order valence-corrected chi connectivity index (χ0v) is 14.6. The number of rotatable bonds is 5. The van der Waals surface area contributed by atoms with Gasteiger partial charge in [0.25, 0.3) is 0 Å². The highest BCUT2D eigenvalue weighted by Crippen LogP contribution is 2.32. The van der Waals surface area contributed by atoms with Gasteiger partial charge in [0.15, 0.2) is 0 Å². The molecule has 0 heterocycles. The third-order valence-electron chi connectivity index (χ3n) is 3.80. The minimum absolute atomic E-state index is 0.222. The molecule has 0 amide bonds. The van der Waals surface area contributed by atoms with Crippen LogP contribution in [0.5, 0.6) is 5.75 Å². The van der Waals surface area contributed by atoms with E-state index in [9.17, 15) is 0 Å². The molecule has 1 unspecified atom stereocenters. The van der Waals surface area contributed by atoms with Crippen molar-refractivity contribution in [1.82, 2.24) is 5.32 Å². The summed E-state index contributed by atoms with van der Waals surface area (Å²) in [4.78, 5) is 0. The third-order valence-corrected chi connectivity index (χ3v) is 4.65. The smallest absolute Gasteiger partial charge is 0.123 e. The summed E-state index contributed by atoms with van der Waals surface area (Å²) < 4.78 is 6.67. The van der Waals surface area contributed by atoms with Gasteiger partial charge in [-0.25, -0.2) is 0 Å². The summed E-state index contributed by atoms with van der Waals surface area (Å²) in [6.07, 6.45) is 0.933. The number of hydrogen-bond acceptors (Lipinski definition) is 2. The van der Waals surface area contributed by atoms with Crippen LogP contribution in [0.2, 0.25) is 0 Å². The second kappa shape index (κ2) is 7.10. The lowest BCUT2D eigenvalue weighted by molar-refractivity contribution is 0.400. The highest BCUT2D eigenvalue weighted by Gasteiger charge is 2.16. The van der Waals surface area contributed by atoms with Crippen LogP contribution in [0.25, 0.3) is 0 Å². The minimum atomic E-state index is 0.222. The molecule has 0 saturated heterocycles. The lowest BCUT2D eigenvalue weighted by Gasteiger charge is -2.21. The van der Waals surface area contributed by atoms with E-state index in [1.807, 2.05) is 7.05 Å². The van der Waals surface area contributed by atoms with Gasteiger partial charge in [0, 0.05) is 16.1 Å². The number of likely N-dealkylation sites (N-methyl/N-ethyl adjacent to an activating group) is 1. The van der Waals surface area contributed by atoms with Crippen molar-refractivity contribution in [2.24, 2.45) is 0 Å². The van der Waals surface area contributed by atoms with E-state index in [0.29, 0.717) is 0 Å². The minimum Gasteiger partial charge on any atom is -0.496 e. The number of nitrogens with one attached hydrogen (secondary N) is 1. The van der Waals surface area contributed by atoms with E-state index in [1.165, 1.54) is 22.3 Å². The quantitative estimate of drug-likeness (QED) is 0.854. The molecule has 0 saturated carbocycles. The van der Waals surface area contributed by atoms with Crippen LogP contribution in [0.3, 0.4) is 0 Å². The first-order chi connectivity index (χ1) is 10.0. The number of ether oxygens (including phenoxy) is 1. The largest absolute Gasteiger partial charge is 0.496 e. The first kappa shape index (κ1) is 16.1. The van der Waals surface area contributed by atoms with Crippen molar-refractivity contribution in [2.45, 2.75) is 26.3 Å². The second-order valence-corrected chi connectivity index (χ2v) is 6.23. The van der Waals surface area contributed by atoms with Crippen molar-refractivity contribution in [1.29, 1.82) is 0 Å². The molecule has 2 rings (SSSR count). The van der Waals surface area contributed by atoms with Gasteiger partial charge in [0.05, 0.1) is 7.11 Å². The van der Waals surface area contributed by atoms with Crippen LogP contribution in [0.1, 0.15) is 28.3 Å². The van der Waals surface area contributed by atoms with Crippen molar-refractivity contribution in [3.8, 4) is 5.75 Å². The maximum atomic E-state index is 5.56. The molecule has 2 aromatic rings. The number of hydrogen-bond donors (Lipinski definition) is 1. The summed E-state index contributed by atoms with van der Waals surface area (Å²) in [6.45, 7) is 4.18. The highest BCUT2D eigenvalue weighted by atomic mass is 79.9. The molecule has 2 nitrogen and oxygen atoms in total. The molecule has 3 heteroatoms. The molecule has 0 spiro atoms. The van der Waals surface area contributed by atoms with Crippen LogP contribution < -0.4 is 10.1 Å². The van der Waals surface area contributed by atoms with E-state index in [-0.39, 0.29) is 6.04 Å². The van der Waals surface area contributed by atoms with Crippen molar-refractivity contribution in [2.75, 3.05) is 14.2 Å². The monoisotopic (exact) mass is 347 g/mol. The first-order valence-corrected chi connectivity index (χ1v) is 7.91. The zero-order chi connectivity index (χ0) is 15.4. The van der Waals surface area contributed by atoms with E-state index in [2.05, 4.69) is 71.5 Å². The first-order valence-electron chi connectivity index (χ1n) is 7.12. The molecule has 0 bridgehead atoms. The topological polar surface area (TPSA) is 21.3 Å². The predicted octanol–water partition coefficient (Wildman–Crippen LogP) is 4.58. The van der Waals surface area contributed by atoms with E-state index in [0.717, 1.165) is 16.6 Å². The fourth-order valence-corrected chi connectivity index (χ4v) is 2.81. The Kier molecular flexibility index (Phi) is 5.43. The van der Waals surface area contributed by atoms with Crippen LogP contribution in [-0.4, -0.2) is 14.2 Å². The van der Waals surface area contributed by atoms with Gasteiger partial charge >= 0.3 is 0 Å². The van der Waals surface area contributed by atoms with Crippen LogP contribution in [0.15, 0.2) is 40.9 Å². The lowest BCUT2D eigenvalue weighted by atomic mass is 9.96. The van der Waals surface area contributed by atoms with Gasteiger partial charge in [-0.05, 0) is 50.6 Å². The Morgan fingerprint density at radius 1 is 1.14 bits per heavy atom. The van der Waals surface area contributed by atoms with Gasteiger partial charge in [-0.15, -0.1) is 0 Å². The van der Waals surface area contributed by atoms with E-state index in [4.69, 9.17) is 4.74 Å². The van der Waals surface area contributed by atoms with Crippen molar-refractivity contribution in [3.05, 3.63) is 63.1 Å². The maximum absolute atomic E-state index is 5.56. The molecule has 2 aromatic carbocycles. The van der Waals surface area contributed by atoms with Gasteiger partial charge in [-0.3, -0.25) is 0 Å². The second-order valence-electron chi connectivity index (χ2n) is 5.37. The molecule has 1 atom stereocenters. The molecular formula is C18H22BrNO. The summed E-state index contributed by atoms with van der Waals surface area (Å²) in [5, 5.41) is 3.40. The van der Waals surface area contributed by atoms with Crippen LogP contribution in [0, 0.1) is 13.8 Å². The Hall–Kier alpha value is -1.32. The van der Waals surface area contributed by atoms with Crippen LogP contribution in [-0.2, 0) is 6.42 Å². The molecule has 0 fully saturated rings. The maximum Gasteiger partial charge on any atom is 0.123 e. The van der Waals surface area contributed by atoms with E-state index in [1.54, 1.807) is 7.11 Å². The van der Waals surface area contributed by atoms with Gasteiger partial charge in [0.2, 0.25) is 0 Å². The molecule has 0 aliphatic heterocycles. The summed E-state index contributed by atoms with van der Waals surface area (Å²) in [5.74, 6) is 0.933. The summed E-state index contributed by atoms with van der Waals surface area (Å²) in [5.41, 5.74) is 4.97. The number of aryl methyl sites for hydroxylation is 2. The number of halogens is 1. The van der Waals surface area contributed by atoms with Crippen LogP contribution in [0.4, 0.5) is 0 Å². The Morgan fingerprint density at radius 3 is 2.38 bits per heavy atom. The molecule has 0 aromatic heterocycles. The molecule has 0 aliphatic carbocycles. The SMILES string of the molecule is CNC(Cc1ccc(C)cc1)c1cc(Br)c(C)cc1OC. The Labute approximate surface area is 135 Å². The molecule has 112 valence electrons. The molecule has 0 radical (unpaired) electrons. The Balaban J connectivity index is 2.32. The third kappa shape index (κ3) is 3.86. The average molecular weight is 348 g/mol. The van der Waals surface area contributed by atoms with Gasteiger partial charge in [0.1, 0.15) is 5.75 Å². The fourth-order valence-electron chi connectivity index (χ4n) is 2.45. The fraction of sp³-hybridized carbons (Fsp3) is 0.333. The van der Waals surface area contributed by atoms with Crippen molar-refractivity contribution < 1.29 is 4.74 Å². The Morgan fingerprint density at radius 2 is 1.81 bits per heavy atom. The zero-order valence-electron chi connectivity index (χ0n) is 13.0. The summed E-state index contributed by atoms with van der Waals surface area (Å²) in [7, 11) is 3.72.